The van der Waals surface area contributed by atoms with E-state index in [2.05, 4.69) is 17.2 Å². The van der Waals surface area contributed by atoms with Crippen molar-refractivity contribution in [1.82, 2.24) is 9.38 Å². The molecule has 0 fully saturated rings. The highest BCUT2D eigenvalue weighted by molar-refractivity contribution is 7.99. The van der Waals surface area contributed by atoms with Crippen LogP contribution in [-0.2, 0) is 4.74 Å². The van der Waals surface area contributed by atoms with E-state index in [0.717, 1.165) is 22.0 Å². The molecule has 6 heteroatoms. The third-order valence-corrected chi connectivity index (χ3v) is 3.59. The van der Waals surface area contributed by atoms with Gasteiger partial charge >= 0.3 is 6.09 Å². The van der Waals surface area contributed by atoms with Crippen molar-refractivity contribution in [1.29, 1.82) is 0 Å². The van der Waals surface area contributed by atoms with Gasteiger partial charge in [0.1, 0.15) is 16.3 Å². The predicted octanol–water partition coefficient (Wildman–Crippen LogP) is 4.10. The summed E-state index contributed by atoms with van der Waals surface area (Å²) in [5.74, 6) is 1.44. The molecule has 2 aromatic heterocycles. The van der Waals surface area contributed by atoms with Gasteiger partial charge in [0.15, 0.2) is 5.82 Å². The molecule has 0 radical (unpaired) electrons. The molecule has 0 bridgehead atoms. The second-order valence-corrected chi connectivity index (χ2v) is 7.01. The van der Waals surface area contributed by atoms with Crippen LogP contribution in [0.5, 0.6) is 0 Å². The Balaban J connectivity index is 2.34. The SMILES string of the molecule is CCSc1c(NC(=O)OC(C)(C)C)nc2cc(C)ccn12. The Labute approximate surface area is 129 Å². The summed E-state index contributed by atoms with van der Waals surface area (Å²) < 4.78 is 7.27. The zero-order chi connectivity index (χ0) is 15.6. The number of hydrogen-bond acceptors (Lipinski definition) is 4. The van der Waals surface area contributed by atoms with Crippen LogP contribution >= 0.6 is 11.8 Å². The number of carbonyl (C=O) groups excluding carboxylic acids is 1. The summed E-state index contributed by atoms with van der Waals surface area (Å²) in [6.45, 7) is 9.59. The molecule has 21 heavy (non-hydrogen) atoms. The molecule has 2 rings (SSSR count). The number of thioether (sulfide) groups is 1. The number of amides is 1. The predicted molar refractivity (Wildman–Crippen MR) is 86.2 cm³/mol. The molecule has 2 aromatic rings. The van der Waals surface area contributed by atoms with Gasteiger partial charge in [-0.1, -0.05) is 6.92 Å². The Morgan fingerprint density at radius 2 is 2.19 bits per heavy atom. The lowest BCUT2D eigenvalue weighted by Crippen LogP contribution is -2.27. The summed E-state index contributed by atoms with van der Waals surface area (Å²) in [6.07, 6.45) is 1.48. The number of aromatic nitrogens is 2. The van der Waals surface area contributed by atoms with Gasteiger partial charge in [-0.2, -0.15) is 0 Å². The molecule has 0 saturated heterocycles. The fraction of sp³-hybridized carbons (Fsp3) is 0.467. The van der Waals surface area contributed by atoms with Gasteiger partial charge in [-0.15, -0.1) is 11.8 Å². The Kier molecular flexibility index (Phi) is 4.46. The largest absolute Gasteiger partial charge is 0.444 e. The molecule has 0 spiro atoms. The topological polar surface area (TPSA) is 55.6 Å². The Bertz CT molecular complexity index is 659. The Morgan fingerprint density at radius 1 is 1.48 bits per heavy atom. The van der Waals surface area contributed by atoms with Gasteiger partial charge in [0.05, 0.1) is 0 Å². The fourth-order valence-electron chi connectivity index (χ4n) is 1.88. The number of nitrogens with one attached hydrogen (secondary N) is 1. The number of carbonyl (C=O) groups is 1. The van der Waals surface area contributed by atoms with Crippen LogP contribution < -0.4 is 5.32 Å². The first-order valence-corrected chi connectivity index (χ1v) is 7.90. The quantitative estimate of drug-likeness (QED) is 0.867. The van der Waals surface area contributed by atoms with Crippen molar-refractivity contribution < 1.29 is 9.53 Å². The lowest BCUT2D eigenvalue weighted by Gasteiger charge is -2.19. The van der Waals surface area contributed by atoms with Crippen LogP contribution in [0.4, 0.5) is 10.6 Å². The average Bonchev–Trinajstić information content (AvgIpc) is 2.64. The van der Waals surface area contributed by atoms with Crippen LogP contribution in [0.15, 0.2) is 23.4 Å². The van der Waals surface area contributed by atoms with E-state index in [1.165, 1.54) is 0 Å². The van der Waals surface area contributed by atoms with Crippen LogP contribution in [0, 0.1) is 6.92 Å². The standard InChI is InChI=1S/C15H21N3O2S/c1-6-21-13-12(17-14(19)20-15(3,4)5)16-11-9-10(2)7-8-18(11)13/h7-9H,6H2,1-5H3,(H,17,19). The van der Waals surface area contributed by atoms with Crippen molar-refractivity contribution in [2.24, 2.45) is 0 Å². The minimum absolute atomic E-state index is 0.486. The summed E-state index contributed by atoms with van der Waals surface area (Å²) in [4.78, 5) is 16.4. The minimum Gasteiger partial charge on any atom is -0.444 e. The second kappa shape index (κ2) is 5.97. The van der Waals surface area contributed by atoms with Crippen molar-refractivity contribution in [3.05, 3.63) is 23.9 Å². The molecule has 0 saturated carbocycles. The monoisotopic (exact) mass is 307 g/mol. The fourth-order valence-corrected chi connectivity index (χ4v) is 2.68. The highest BCUT2D eigenvalue weighted by Gasteiger charge is 2.20. The van der Waals surface area contributed by atoms with Gasteiger partial charge in [0.2, 0.25) is 0 Å². The smallest absolute Gasteiger partial charge is 0.413 e. The van der Waals surface area contributed by atoms with Crippen molar-refractivity contribution in [2.75, 3.05) is 11.1 Å². The highest BCUT2D eigenvalue weighted by Crippen LogP contribution is 2.28. The zero-order valence-electron chi connectivity index (χ0n) is 13.1. The normalized spacial score (nSPS) is 11.7. The van der Waals surface area contributed by atoms with Gasteiger partial charge in [0.25, 0.3) is 0 Å². The number of aryl methyl sites for hydroxylation is 1. The van der Waals surface area contributed by atoms with Crippen LogP contribution in [0.1, 0.15) is 33.3 Å². The molecule has 0 aromatic carbocycles. The number of hydrogen-bond donors (Lipinski definition) is 1. The van der Waals surface area contributed by atoms with Gasteiger partial charge < -0.3 is 4.74 Å². The number of fused-ring (bicyclic) bond motifs is 1. The summed E-state index contributed by atoms with van der Waals surface area (Å²) in [5, 5.41) is 3.66. The van der Waals surface area contributed by atoms with E-state index in [0.29, 0.717) is 5.82 Å². The van der Waals surface area contributed by atoms with Crippen molar-refractivity contribution in [3.63, 3.8) is 0 Å². The van der Waals surface area contributed by atoms with E-state index >= 15 is 0 Å². The molecule has 0 aliphatic heterocycles. The van der Waals surface area contributed by atoms with E-state index in [9.17, 15) is 4.79 Å². The maximum Gasteiger partial charge on any atom is 0.413 e. The van der Waals surface area contributed by atoms with Gasteiger partial charge in [-0.3, -0.25) is 9.72 Å². The molecule has 1 amide bonds. The zero-order valence-corrected chi connectivity index (χ0v) is 13.9. The van der Waals surface area contributed by atoms with E-state index in [1.54, 1.807) is 11.8 Å². The Morgan fingerprint density at radius 3 is 2.81 bits per heavy atom. The van der Waals surface area contributed by atoms with Crippen molar-refractivity contribution in [3.8, 4) is 0 Å². The van der Waals surface area contributed by atoms with E-state index in [-0.39, 0.29) is 0 Å². The molecule has 1 N–H and O–H groups in total. The van der Waals surface area contributed by atoms with E-state index < -0.39 is 11.7 Å². The van der Waals surface area contributed by atoms with Crippen LogP contribution in [0.2, 0.25) is 0 Å². The molecular formula is C15H21N3O2S. The summed E-state index contributed by atoms with van der Waals surface area (Å²) >= 11 is 1.63. The number of nitrogens with zero attached hydrogens (tertiary/aromatic N) is 2. The molecule has 0 aliphatic carbocycles. The molecule has 2 heterocycles. The first-order chi connectivity index (χ1) is 9.80. The molecule has 114 valence electrons. The minimum atomic E-state index is -0.530. The summed E-state index contributed by atoms with van der Waals surface area (Å²) in [5.41, 5.74) is 1.42. The highest BCUT2D eigenvalue weighted by atomic mass is 32.2. The number of anilines is 1. The van der Waals surface area contributed by atoms with Gasteiger partial charge in [0, 0.05) is 6.20 Å². The molecule has 5 nitrogen and oxygen atoms in total. The lowest BCUT2D eigenvalue weighted by atomic mass is 10.2. The van der Waals surface area contributed by atoms with Crippen LogP contribution in [0.25, 0.3) is 5.65 Å². The maximum absolute atomic E-state index is 11.9. The first kappa shape index (κ1) is 15.7. The number of rotatable bonds is 3. The number of ether oxygens (including phenoxy) is 1. The van der Waals surface area contributed by atoms with Crippen molar-refractivity contribution in [2.45, 2.75) is 45.2 Å². The second-order valence-electron chi connectivity index (χ2n) is 5.76. The van der Waals surface area contributed by atoms with Gasteiger partial charge in [-0.25, -0.2) is 9.78 Å². The van der Waals surface area contributed by atoms with E-state index in [4.69, 9.17) is 4.74 Å². The van der Waals surface area contributed by atoms with Crippen LogP contribution in [0.3, 0.4) is 0 Å². The van der Waals surface area contributed by atoms with Crippen molar-refractivity contribution >= 4 is 29.3 Å². The van der Waals surface area contributed by atoms with E-state index in [1.807, 2.05) is 50.4 Å². The molecule has 0 atom stereocenters. The summed E-state index contributed by atoms with van der Waals surface area (Å²) in [7, 11) is 0. The first-order valence-electron chi connectivity index (χ1n) is 6.91. The summed E-state index contributed by atoms with van der Waals surface area (Å²) in [6, 6.07) is 4.01. The third-order valence-electron chi connectivity index (χ3n) is 2.64. The number of pyridine rings is 1. The lowest BCUT2D eigenvalue weighted by molar-refractivity contribution is 0.0635. The number of imidazole rings is 1. The molecular weight excluding hydrogens is 286 g/mol. The molecule has 0 aliphatic rings. The average molecular weight is 307 g/mol. The molecule has 0 unspecified atom stereocenters. The Hall–Kier alpha value is -1.69. The van der Waals surface area contributed by atoms with Crippen LogP contribution in [-0.4, -0.2) is 26.8 Å². The van der Waals surface area contributed by atoms with Gasteiger partial charge in [-0.05, 0) is 51.1 Å². The maximum atomic E-state index is 11.9. The third kappa shape index (κ3) is 3.91.